The van der Waals surface area contributed by atoms with Crippen LogP contribution in [0.15, 0.2) is 34.1 Å². The summed E-state index contributed by atoms with van der Waals surface area (Å²) >= 11 is 5.13. The van der Waals surface area contributed by atoms with Gasteiger partial charge in [0.15, 0.2) is 11.6 Å². The summed E-state index contributed by atoms with van der Waals surface area (Å²) in [6.45, 7) is 1.26. The van der Waals surface area contributed by atoms with Crippen LogP contribution in [0.5, 0.6) is 5.75 Å². The number of thiophene rings is 1. The molecule has 0 fully saturated rings. The quantitative estimate of drug-likeness (QED) is 0.820. The maximum Gasteiger partial charge on any atom is 0.165 e. The summed E-state index contributed by atoms with van der Waals surface area (Å²) in [4.78, 5) is 1.29. The van der Waals surface area contributed by atoms with Crippen LogP contribution in [0.2, 0.25) is 0 Å². The first kappa shape index (κ1) is 13.5. The van der Waals surface area contributed by atoms with E-state index in [1.165, 1.54) is 10.9 Å². The summed E-state index contributed by atoms with van der Waals surface area (Å²) in [5.74, 6) is -0.833. The van der Waals surface area contributed by atoms with Crippen molar-refractivity contribution in [3.8, 4) is 5.75 Å². The van der Waals surface area contributed by atoms with E-state index in [1.807, 2.05) is 6.07 Å². The van der Waals surface area contributed by atoms with E-state index in [9.17, 15) is 9.50 Å². The highest BCUT2D eigenvalue weighted by molar-refractivity contribution is 9.11. The lowest BCUT2D eigenvalue weighted by Crippen LogP contribution is -2.16. The minimum absolute atomic E-state index is 0.260. The van der Waals surface area contributed by atoms with Crippen molar-refractivity contribution in [2.75, 3.05) is 6.54 Å². The summed E-state index contributed by atoms with van der Waals surface area (Å²) in [5.41, 5.74) is 0.586. The van der Waals surface area contributed by atoms with Gasteiger partial charge in [-0.3, -0.25) is 0 Å². The van der Waals surface area contributed by atoms with Crippen LogP contribution >= 0.6 is 27.3 Å². The normalized spacial score (nSPS) is 10.8. The van der Waals surface area contributed by atoms with Gasteiger partial charge < -0.3 is 10.4 Å². The Morgan fingerprint density at radius 1 is 1.28 bits per heavy atom. The average Bonchev–Trinajstić information content (AvgIpc) is 2.76. The highest BCUT2D eigenvalue weighted by Crippen LogP contribution is 2.22. The van der Waals surface area contributed by atoms with Gasteiger partial charge in [0.05, 0.1) is 3.79 Å². The van der Waals surface area contributed by atoms with Crippen LogP contribution < -0.4 is 5.32 Å². The first-order valence-corrected chi connectivity index (χ1v) is 7.19. The molecule has 0 radical (unpaired) electrons. The number of nitrogens with one attached hydrogen (secondary N) is 1. The molecule has 2 rings (SSSR count). The molecule has 1 heterocycles. The third-order valence-electron chi connectivity index (χ3n) is 2.56. The first-order chi connectivity index (χ1) is 8.66. The van der Waals surface area contributed by atoms with E-state index in [4.69, 9.17) is 0 Å². The van der Waals surface area contributed by atoms with E-state index in [0.29, 0.717) is 12.1 Å². The SMILES string of the molecule is Oc1c(F)cccc1CNCCc1ccc(Br)s1. The smallest absolute Gasteiger partial charge is 0.165 e. The van der Waals surface area contributed by atoms with Gasteiger partial charge in [0.25, 0.3) is 0 Å². The Balaban J connectivity index is 1.80. The Labute approximate surface area is 118 Å². The molecule has 2 nitrogen and oxygen atoms in total. The number of para-hydroxylation sites is 1. The highest BCUT2D eigenvalue weighted by atomic mass is 79.9. The van der Waals surface area contributed by atoms with Crippen molar-refractivity contribution in [3.05, 3.63) is 50.4 Å². The van der Waals surface area contributed by atoms with Crippen LogP contribution in [0.3, 0.4) is 0 Å². The minimum atomic E-state index is -0.573. The molecular weight excluding hydrogens is 317 g/mol. The van der Waals surface area contributed by atoms with E-state index < -0.39 is 5.82 Å². The second-order valence-electron chi connectivity index (χ2n) is 3.88. The van der Waals surface area contributed by atoms with E-state index in [1.54, 1.807) is 23.5 Å². The van der Waals surface area contributed by atoms with Crippen molar-refractivity contribution in [1.82, 2.24) is 5.32 Å². The monoisotopic (exact) mass is 329 g/mol. The van der Waals surface area contributed by atoms with Crippen LogP contribution in [0, 0.1) is 5.82 Å². The Hall–Kier alpha value is -0.910. The van der Waals surface area contributed by atoms with Crippen molar-refractivity contribution in [2.45, 2.75) is 13.0 Å². The largest absolute Gasteiger partial charge is 0.505 e. The fourth-order valence-corrected chi connectivity index (χ4v) is 3.11. The molecule has 2 aromatic rings. The Bertz CT molecular complexity index is 529. The molecule has 96 valence electrons. The summed E-state index contributed by atoms with van der Waals surface area (Å²) in [5, 5.41) is 12.7. The molecule has 0 aliphatic carbocycles. The van der Waals surface area contributed by atoms with E-state index in [-0.39, 0.29) is 5.75 Å². The predicted octanol–water partition coefficient (Wildman–Crippen LogP) is 3.69. The molecule has 0 unspecified atom stereocenters. The zero-order chi connectivity index (χ0) is 13.0. The maximum atomic E-state index is 13.1. The lowest BCUT2D eigenvalue weighted by atomic mass is 10.2. The van der Waals surface area contributed by atoms with Crippen LogP contribution in [0.4, 0.5) is 4.39 Å². The number of hydrogen-bond acceptors (Lipinski definition) is 3. The standard InChI is InChI=1S/C13H13BrFNOS/c14-12-5-4-10(18-12)6-7-16-8-9-2-1-3-11(15)13(9)17/h1-5,16-17H,6-8H2. The topological polar surface area (TPSA) is 32.3 Å². The predicted molar refractivity (Wildman–Crippen MR) is 75.5 cm³/mol. The maximum absolute atomic E-state index is 13.1. The third kappa shape index (κ3) is 3.54. The Morgan fingerprint density at radius 2 is 2.11 bits per heavy atom. The number of hydrogen-bond donors (Lipinski definition) is 2. The molecule has 2 N–H and O–H groups in total. The molecule has 5 heteroatoms. The molecule has 0 saturated heterocycles. The molecule has 0 saturated carbocycles. The number of phenols is 1. The fraction of sp³-hybridized carbons (Fsp3) is 0.231. The lowest BCUT2D eigenvalue weighted by molar-refractivity contribution is 0.423. The van der Waals surface area contributed by atoms with Gasteiger partial charge in [-0.15, -0.1) is 11.3 Å². The molecule has 0 spiro atoms. The van der Waals surface area contributed by atoms with Crippen molar-refractivity contribution in [3.63, 3.8) is 0 Å². The van der Waals surface area contributed by atoms with Crippen molar-refractivity contribution in [1.29, 1.82) is 0 Å². The second kappa shape index (κ2) is 6.31. The number of halogens is 2. The molecule has 1 aromatic carbocycles. The Morgan fingerprint density at radius 3 is 2.83 bits per heavy atom. The van der Waals surface area contributed by atoms with Gasteiger partial charge in [-0.1, -0.05) is 12.1 Å². The van der Waals surface area contributed by atoms with Crippen LogP contribution in [0.25, 0.3) is 0 Å². The van der Waals surface area contributed by atoms with Crippen molar-refractivity contribution in [2.24, 2.45) is 0 Å². The summed E-state index contributed by atoms with van der Waals surface area (Å²) < 4.78 is 14.2. The number of benzene rings is 1. The van der Waals surface area contributed by atoms with Gasteiger partial charge in [0.2, 0.25) is 0 Å². The van der Waals surface area contributed by atoms with Crippen LogP contribution in [-0.2, 0) is 13.0 Å². The van der Waals surface area contributed by atoms with Gasteiger partial charge in [0, 0.05) is 23.5 Å². The molecule has 0 amide bonds. The summed E-state index contributed by atoms with van der Waals surface area (Å²) in [6.07, 6.45) is 0.923. The number of aromatic hydroxyl groups is 1. The second-order valence-corrected chi connectivity index (χ2v) is 6.43. The van der Waals surface area contributed by atoms with Crippen molar-refractivity contribution < 1.29 is 9.50 Å². The zero-order valence-electron chi connectivity index (χ0n) is 9.62. The zero-order valence-corrected chi connectivity index (χ0v) is 12.0. The minimum Gasteiger partial charge on any atom is -0.505 e. The van der Waals surface area contributed by atoms with Crippen molar-refractivity contribution >= 4 is 27.3 Å². The van der Waals surface area contributed by atoms with E-state index in [2.05, 4.69) is 27.3 Å². The van der Waals surface area contributed by atoms with Crippen LogP contribution in [0.1, 0.15) is 10.4 Å². The number of rotatable bonds is 5. The Kier molecular flexibility index (Phi) is 4.74. The highest BCUT2D eigenvalue weighted by Gasteiger charge is 2.05. The summed E-state index contributed by atoms with van der Waals surface area (Å²) in [7, 11) is 0. The molecule has 0 atom stereocenters. The summed E-state index contributed by atoms with van der Waals surface area (Å²) in [6, 6.07) is 8.67. The molecule has 18 heavy (non-hydrogen) atoms. The fourth-order valence-electron chi connectivity index (χ4n) is 1.62. The van der Waals surface area contributed by atoms with Crippen LogP contribution in [-0.4, -0.2) is 11.7 Å². The van der Waals surface area contributed by atoms with Gasteiger partial charge in [0.1, 0.15) is 0 Å². The molecule has 0 aliphatic heterocycles. The third-order valence-corrected chi connectivity index (χ3v) is 4.25. The van der Waals surface area contributed by atoms with E-state index in [0.717, 1.165) is 16.8 Å². The van der Waals surface area contributed by atoms with Gasteiger partial charge >= 0.3 is 0 Å². The molecule has 0 bridgehead atoms. The number of phenolic OH excluding ortho intramolecular Hbond substituents is 1. The molecule has 0 aliphatic rings. The van der Waals surface area contributed by atoms with Gasteiger partial charge in [-0.2, -0.15) is 0 Å². The van der Waals surface area contributed by atoms with E-state index >= 15 is 0 Å². The molecular formula is C13H13BrFNOS. The van der Waals surface area contributed by atoms with Gasteiger partial charge in [-0.25, -0.2) is 4.39 Å². The lowest BCUT2D eigenvalue weighted by Gasteiger charge is -2.06. The average molecular weight is 330 g/mol. The van der Waals surface area contributed by atoms with Gasteiger partial charge in [-0.05, 0) is 40.5 Å². The first-order valence-electron chi connectivity index (χ1n) is 5.58. The molecule has 1 aromatic heterocycles.